The van der Waals surface area contributed by atoms with Crippen LogP contribution in [0, 0.1) is 0 Å². The van der Waals surface area contributed by atoms with E-state index in [0.717, 1.165) is 8.95 Å². The maximum absolute atomic E-state index is 11.9. The summed E-state index contributed by atoms with van der Waals surface area (Å²) in [6.07, 6.45) is 0. The minimum Gasteiger partial charge on any atom is -0.346 e. The van der Waals surface area contributed by atoms with Crippen LogP contribution in [0.15, 0.2) is 27.1 Å². The van der Waals surface area contributed by atoms with Gasteiger partial charge in [0.2, 0.25) is 0 Å². The van der Waals surface area contributed by atoms with E-state index in [-0.39, 0.29) is 5.91 Å². The van der Waals surface area contributed by atoms with Crippen LogP contribution in [0.1, 0.15) is 24.2 Å². The molecule has 0 aromatic heterocycles. The van der Waals surface area contributed by atoms with Crippen LogP contribution in [-0.4, -0.2) is 18.0 Å². The molecule has 0 spiro atoms. The van der Waals surface area contributed by atoms with E-state index in [4.69, 9.17) is 5.73 Å². The standard InChI is InChI=1S/C11H14Br2N2O/c1-11(2,6-14)15-10(16)8-4-3-7(12)5-9(8)13/h3-5H,6,14H2,1-2H3,(H,15,16). The monoisotopic (exact) mass is 348 g/mol. The Kier molecular flexibility index (Phi) is 4.52. The summed E-state index contributed by atoms with van der Waals surface area (Å²) in [7, 11) is 0. The van der Waals surface area contributed by atoms with Gasteiger partial charge in [-0.1, -0.05) is 15.9 Å². The van der Waals surface area contributed by atoms with E-state index in [2.05, 4.69) is 37.2 Å². The average Bonchev–Trinajstić information content (AvgIpc) is 2.16. The van der Waals surface area contributed by atoms with Crippen molar-refractivity contribution in [1.29, 1.82) is 0 Å². The van der Waals surface area contributed by atoms with E-state index < -0.39 is 5.54 Å². The van der Waals surface area contributed by atoms with E-state index in [0.29, 0.717) is 12.1 Å². The summed E-state index contributed by atoms with van der Waals surface area (Å²) in [5.41, 5.74) is 5.76. The lowest BCUT2D eigenvalue weighted by molar-refractivity contribution is 0.0915. The Hall–Kier alpha value is -0.390. The minimum absolute atomic E-state index is 0.130. The number of nitrogens with two attached hydrogens (primary N) is 1. The number of nitrogens with one attached hydrogen (secondary N) is 1. The van der Waals surface area contributed by atoms with Crippen molar-refractivity contribution in [2.45, 2.75) is 19.4 Å². The Morgan fingerprint density at radius 2 is 2.06 bits per heavy atom. The van der Waals surface area contributed by atoms with Crippen molar-refractivity contribution in [2.75, 3.05) is 6.54 Å². The molecule has 0 aliphatic heterocycles. The third kappa shape index (κ3) is 3.57. The van der Waals surface area contributed by atoms with Crippen molar-refractivity contribution in [3.05, 3.63) is 32.7 Å². The summed E-state index contributed by atoms with van der Waals surface area (Å²) < 4.78 is 1.68. The zero-order valence-electron chi connectivity index (χ0n) is 9.18. The molecule has 0 saturated heterocycles. The maximum Gasteiger partial charge on any atom is 0.252 e. The SMILES string of the molecule is CC(C)(CN)NC(=O)c1ccc(Br)cc1Br. The van der Waals surface area contributed by atoms with Crippen LogP contribution in [0.25, 0.3) is 0 Å². The summed E-state index contributed by atoms with van der Waals surface area (Å²) in [4.78, 5) is 11.9. The summed E-state index contributed by atoms with van der Waals surface area (Å²) in [5.74, 6) is -0.130. The van der Waals surface area contributed by atoms with E-state index in [1.807, 2.05) is 26.0 Å². The molecular weight excluding hydrogens is 336 g/mol. The summed E-state index contributed by atoms with van der Waals surface area (Å²) in [5, 5.41) is 2.87. The topological polar surface area (TPSA) is 55.1 Å². The van der Waals surface area contributed by atoms with Crippen molar-refractivity contribution in [3.8, 4) is 0 Å². The zero-order chi connectivity index (χ0) is 12.3. The Labute approximate surface area is 112 Å². The van der Waals surface area contributed by atoms with Crippen molar-refractivity contribution in [1.82, 2.24) is 5.32 Å². The molecule has 1 amide bonds. The van der Waals surface area contributed by atoms with Gasteiger partial charge in [-0.2, -0.15) is 0 Å². The number of hydrogen-bond acceptors (Lipinski definition) is 2. The van der Waals surface area contributed by atoms with Gasteiger partial charge in [-0.05, 0) is 48.0 Å². The van der Waals surface area contributed by atoms with Gasteiger partial charge >= 0.3 is 0 Å². The lowest BCUT2D eigenvalue weighted by atomic mass is 10.1. The molecule has 0 saturated carbocycles. The normalized spacial score (nSPS) is 11.3. The molecule has 0 unspecified atom stereocenters. The molecule has 3 N–H and O–H groups in total. The van der Waals surface area contributed by atoms with Gasteiger partial charge in [-0.25, -0.2) is 0 Å². The Balaban J connectivity index is 2.89. The van der Waals surface area contributed by atoms with Crippen LogP contribution >= 0.6 is 31.9 Å². The lowest BCUT2D eigenvalue weighted by Gasteiger charge is -2.24. The third-order valence-corrected chi connectivity index (χ3v) is 3.29. The van der Waals surface area contributed by atoms with Crippen molar-refractivity contribution in [2.24, 2.45) is 5.73 Å². The number of hydrogen-bond donors (Lipinski definition) is 2. The fourth-order valence-corrected chi connectivity index (χ4v) is 2.33. The van der Waals surface area contributed by atoms with E-state index in [9.17, 15) is 4.79 Å². The first-order chi connectivity index (χ1) is 7.35. The molecule has 88 valence electrons. The maximum atomic E-state index is 11.9. The Bertz CT molecular complexity index is 405. The molecule has 0 atom stereocenters. The molecule has 3 nitrogen and oxygen atoms in total. The molecule has 0 aliphatic rings. The first kappa shape index (κ1) is 13.7. The Morgan fingerprint density at radius 1 is 1.44 bits per heavy atom. The Morgan fingerprint density at radius 3 is 2.56 bits per heavy atom. The molecule has 0 fully saturated rings. The van der Waals surface area contributed by atoms with Crippen molar-refractivity contribution in [3.63, 3.8) is 0 Å². The van der Waals surface area contributed by atoms with Crippen LogP contribution in [0.2, 0.25) is 0 Å². The molecule has 0 bridgehead atoms. The van der Waals surface area contributed by atoms with Gasteiger partial charge in [0.15, 0.2) is 0 Å². The number of carbonyl (C=O) groups excluding carboxylic acids is 1. The molecule has 1 rings (SSSR count). The fourth-order valence-electron chi connectivity index (χ4n) is 1.10. The molecule has 16 heavy (non-hydrogen) atoms. The van der Waals surface area contributed by atoms with Gasteiger partial charge in [0.05, 0.1) is 5.56 Å². The highest BCUT2D eigenvalue weighted by Gasteiger charge is 2.20. The molecule has 0 radical (unpaired) electrons. The highest BCUT2D eigenvalue weighted by atomic mass is 79.9. The number of benzene rings is 1. The van der Waals surface area contributed by atoms with Crippen LogP contribution in [0.5, 0.6) is 0 Å². The van der Waals surface area contributed by atoms with Crippen LogP contribution in [0.3, 0.4) is 0 Å². The number of rotatable bonds is 3. The first-order valence-corrected chi connectivity index (χ1v) is 6.42. The van der Waals surface area contributed by atoms with Crippen molar-refractivity contribution < 1.29 is 4.79 Å². The molecular formula is C11H14Br2N2O. The largest absolute Gasteiger partial charge is 0.346 e. The summed E-state index contributed by atoms with van der Waals surface area (Å²) >= 11 is 6.69. The van der Waals surface area contributed by atoms with Crippen molar-refractivity contribution >= 4 is 37.8 Å². The van der Waals surface area contributed by atoms with E-state index >= 15 is 0 Å². The fraction of sp³-hybridized carbons (Fsp3) is 0.364. The predicted octanol–water partition coefficient (Wildman–Crippen LogP) is 2.68. The molecule has 0 aliphatic carbocycles. The van der Waals surface area contributed by atoms with Crippen LogP contribution in [-0.2, 0) is 0 Å². The van der Waals surface area contributed by atoms with Gasteiger partial charge in [0, 0.05) is 21.0 Å². The smallest absolute Gasteiger partial charge is 0.252 e. The minimum atomic E-state index is -0.399. The molecule has 5 heteroatoms. The van der Waals surface area contributed by atoms with Gasteiger partial charge in [0.1, 0.15) is 0 Å². The zero-order valence-corrected chi connectivity index (χ0v) is 12.4. The average molecular weight is 350 g/mol. The molecule has 1 aromatic rings. The highest BCUT2D eigenvalue weighted by molar-refractivity contribution is 9.11. The van der Waals surface area contributed by atoms with Gasteiger partial charge in [-0.15, -0.1) is 0 Å². The lowest BCUT2D eigenvalue weighted by Crippen LogP contribution is -2.48. The second kappa shape index (κ2) is 5.29. The first-order valence-electron chi connectivity index (χ1n) is 4.83. The third-order valence-electron chi connectivity index (χ3n) is 2.14. The number of carbonyl (C=O) groups is 1. The highest BCUT2D eigenvalue weighted by Crippen LogP contribution is 2.22. The van der Waals surface area contributed by atoms with Crippen LogP contribution < -0.4 is 11.1 Å². The van der Waals surface area contributed by atoms with E-state index in [1.165, 1.54) is 0 Å². The summed E-state index contributed by atoms with van der Waals surface area (Å²) in [6, 6.07) is 5.43. The van der Waals surface area contributed by atoms with Crippen LogP contribution in [0.4, 0.5) is 0 Å². The number of amides is 1. The molecule has 0 heterocycles. The molecule has 1 aromatic carbocycles. The summed E-state index contributed by atoms with van der Waals surface area (Å²) in [6.45, 7) is 4.17. The van der Waals surface area contributed by atoms with E-state index in [1.54, 1.807) is 6.07 Å². The van der Waals surface area contributed by atoms with Gasteiger partial charge in [-0.3, -0.25) is 4.79 Å². The van der Waals surface area contributed by atoms with Gasteiger partial charge < -0.3 is 11.1 Å². The quantitative estimate of drug-likeness (QED) is 0.881. The predicted molar refractivity (Wildman–Crippen MR) is 72.4 cm³/mol. The number of halogens is 2. The second-order valence-electron chi connectivity index (χ2n) is 4.17. The second-order valence-corrected chi connectivity index (χ2v) is 5.94. The van der Waals surface area contributed by atoms with Gasteiger partial charge in [0.25, 0.3) is 5.91 Å².